The summed E-state index contributed by atoms with van der Waals surface area (Å²) in [5, 5.41) is 0. The lowest BCUT2D eigenvalue weighted by atomic mass is 9.45. The van der Waals surface area contributed by atoms with Gasteiger partial charge in [-0.2, -0.15) is 0 Å². The molecule has 5 heteroatoms. The van der Waals surface area contributed by atoms with Gasteiger partial charge in [-0.15, -0.1) is 0 Å². The molecule has 0 radical (unpaired) electrons. The molecule has 1 aliphatic heterocycles. The van der Waals surface area contributed by atoms with Gasteiger partial charge in [-0.3, -0.25) is 4.79 Å². The minimum absolute atomic E-state index is 0.222. The number of carbonyl (C=O) groups excluding carboxylic acids is 1. The lowest BCUT2D eigenvalue weighted by molar-refractivity contribution is -0.164. The molecule has 0 spiro atoms. The Kier molecular flexibility index (Phi) is 4.45. The van der Waals surface area contributed by atoms with Crippen molar-refractivity contribution < 1.29 is 9.53 Å². The summed E-state index contributed by atoms with van der Waals surface area (Å²) in [5.41, 5.74) is 0.622. The average Bonchev–Trinajstić information content (AvgIpc) is 3.03. The van der Waals surface area contributed by atoms with E-state index in [9.17, 15) is 4.79 Å². The largest absolute Gasteiger partial charge is 0.460 e. The van der Waals surface area contributed by atoms with Crippen LogP contribution in [-0.4, -0.2) is 40.0 Å². The summed E-state index contributed by atoms with van der Waals surface area (Å²) in [4.78, 5) is 23.1. The molecule has 4 aliphatic rings. The standard InChI is InChI=1S/C24H35N3O2/c1-15-12-19-24(3,9-7-20(28)27(19)4)17-6-8-23(2)14-16(13-18(23)21(15)17)29-22-25-10-5-11-26-22/h5,10-11,15-19,21H,6-9,12-14H2,1-4H3/t15?,16?,17-,18+,19?,21-,23-,24-/m1/s1. The third-order valence-corrected chi connectivity index (χ3v) is 9.47. The highest BCUT2D eigenvalue weighted by Gasteiger charge is 2.62. The molecule has 4 fully saturated rings. The molecule has 29 heavy (non-hydrogen) atoms. The van der Waals surface area contributed by atoms with Crippen LogP contribution in [0.4, 0.5) is 0 Å². The Hall–Kier alpha value is -1.65. The number of carbonyl (C=O) groups is 1. The zero-order chi connectivity index (χ0) is 20.4. The molecular weight excluding hydrogens is 362 g/mol. The van der Waals surface area contributed by atoms with E-state index in [0.29, 0.717) is 35.2 Å². The van der Waals surface area contributed by atoms with Crippen molar-refractivity contribution >= 4 is 5.91 Å². The van der Waals surface area contributed by atoms with E-state index in [1.807, 2.05) is 13.1 Å². The van der Waals surface area contributed by atoms with Crippen LogP contribution in [0.15, 0.2) is 18.5 Å². The zero-order valence-corrected chi connectivity index (χ0v) is 18.3. The van der Waals surface area contributed by atoms with Gasteiger partial charge in [-0.05, 0) is 79.1 Å². The first-order valence-electron chi connectivity index (χ1n) is 11.5. The number of nitrogens with zero attached hydrogens (tertiary/aromatic N) is 3. The van der Waals surface area contributed by atoms with E-state index in [0.717, 1.165) is 43.9 Å². The fraction of sp³-hybridized carbons (Fsp3) is 0.792. The minimum Gasteiger partial charge on any atom is -0.460 e. The number of piperidine rings is 1. The molecule has 5 nitrogen and oxygen atoms in total. The number of amides is 1. The third kappa shape index (κ3) is 2.90. The highest BCUT2D eigenvalue weighted by Crippen LogP contribution is 2.66. The van der Waals surface area contributed by atoms with Gasteiger partial charge in [0, 0.05) is 31.9 Å². The third-order valence-electron chi connectivity index (χ3n) is 9.47. The van der Waals surface area contributed by atoms with Crippen LogP contribution in [0.2, 0.25) is 0 Å². The molecule has 3 unspecified atom stereocenters. The lowest BCUT2D eigenvalue weighted by Gasteiger charge is -2.63. The molecule has 1 amide bonds. The summed E-state index contributed by atoms with van der Waals surface area (Å²) in [7, 11) is 2.05. The molecule has 1 aromatic rings. The first kappa shape index (κ1) is 19.3. The molecule has 2 heterocycles. The number of hydrogen-bond donors (Lipinski definition) is 0. The summed E-state index contributed by atoms with van der Waals surface area (Å²) in [6, 6.07) is 2.77. The quantitative estimate of drug-likeness (QED) is 0.745. The van der Waals surface area contributed by atoms with Crippen LogP contribution in [0.3, 0.4) is 0 Å². The molecule has 1 aromatic heterocycles. The Balaban J connectivity index is 1.41. The van der Waals surface area contributed by atoms with Gasteiger partial charge in [0.2, 0.25) is 5.91 Å². The van der Waals surface area contributed by atoms with Crippen molar-refractivity contribution in [3.8, 4) is 6.01 Å². The molecule has 158 valence electrons. The Morgan fingerprint density at radius 2 is 1.90 bits per heavy atom. The van der Waals surface area contributed by atoms with Gasteiger partial charge in [0.1, 0.15) is 6.10 Å². The molecule has 1 saturated heterocycles. The van der Waals surface area contributed by atoms with Crippen molar-refractivity contribution in [2.24, 2.45) is 34.5 Å². The lowest BCUT2D eigenvalue weighted by Crippen LogP contribution is -2.62. The van der Waals surface area contributed by atoms with Gasteiger partial charge in [0.05, 0.1) is 0 Å². The van der Waals surface area contributed by atoms with Gasteiger partial charge in [0.15, 0.2) is 0 Å². The van der Waals surface area contributed by atoms with Crippen molar-refractivity contribution in [2.75, 3.05) is 7.05 Å². The Labute approximate surface area is 174 Å². The van der Waals surface area contributed by atoms with Crippen LogP contribution in [0.25, 0.3) is 0 Å². The average molecular weight is 398 g/mol. The van der Waals surface area contributed by atoms with E-state index in [4.69, 9.17) is 4.74 Å². The molecule has 3 saturated carbocycles. The minimum atomic E-state index is 0.222. The highest BCUT2D eigenvalue weighted by molar-refractivity contribution is 5.77. The van der Waals surface area contributed by atoms with E-state index in [1.54, 1.807) is 12.4 Å². The second-order valence-corrected chi connectivity index (χ2v) is 10.9. The Bertz CT molecular complexity index is 786. The second-order valence-electron chi connectivity index (χ2n) is 10.9. The van der Waals surface area contributed by atoms with Crippen LogP contribution in [0, 0.1) is 34.5 Å². The van der Waals surface area contributed by atoms with Crippen LogP contribution in [0.5, 0.6) is 6.01 Å². The maximum atomic E-state index is 12.4. The molecule has 0 aromatic carbocycles. The number of likely N-dealkylation sites (tertiary alicyclic amines) is 1. The summed E-state index contributed by atoms with van der Waals surface area (Å²) >= 11 is 0. The van der Waals surface area contributed by atoms with Crippen LogP contribution in [0.1, 0.15) is 65.7 Å². The SMILES string of the molecule is CC1CC2N(C)C(=O)CC[C@]2(C)[C@@H]2CC[C@]3(C)CC(Oc4ncccn4)C[C@H]3[C@H]12. The number of aromatic nitrogens is 2. The van der Waals surface area contributed by atoms with E-state index in [1.165, 1.54) is 12.8 Å². The van der Waals surface area contributed by atoms with Crippen molar-refractivity contribution in [3.05, 3.63) is 18.5 Å². The van der Waals surface area contributed by atoms with E-state index >= 15 is 0 Å². The van der Waals surface area contributed by atoms with Crippen molar-refractivity contribution in [1.29, 1.82) is 0 Å². The smallest absolute Gasteiger partial charge is 0.316 e. The maximum absolute atomic E-state index is 12.4. The predicted molar refractivity (Wildman–Crippen MR) is 111 cm³/mol. The number of hydrogen-bond acceptors (Lipinski definition) is 4. The van der Waals surface area contributed by atoms with Gasteiger partial charge >= 0.3 is 6.01 Å². The van der Waals surface area contributed by atoms with Gasteiger partial charge in [-0.1, -0.05) is 20.8 Å². The number of fused-ring (bicyclic) bond motifs is 5. The van der Waals surface area contributed by atoms with Crippen LogP contribution in [-0.2, 0) is 4.79 Å². The summed E-state index contributed by atoms with van der Waals surface area (Å²) < 4.78 is 6.24. The summed E-state index contributed by atoms with van der Waals surface area (Å²) in [6.07, 6.45) is 11.5. The van der Waals surface area contributed by atoms with Crippen LogP contribution < -0.4 is 4.74 Å². The van der Waals surface area contributed by atoms with E-state index in [2.05, 4.69) is 35.6 Å². The zero-order valence-electron chi connectivity index (χ0n) is 18.3. The van der Waals surface area contributed by atoms with Gasteiger partial charge in [0.25, 0.3) is 0 Å². The molecule has 0 N–H and O–H groups in total. The fourth-order valence-electron chi connectivity index (χ4n) is 8.04. The highest BCUT2D eigenvalue weighted by atomic mass is 16.5. The molecule has 8 atom stereocenters. The molecular formula is C24H35N3O2. The summed E-state index contributed by atoms with van der Waals surface area (Å²) in [6.45, 7) is 7.44. The van der Waals surface area contributed by atoms with Crippen molar-refractivity contribution in [2.45, 2.75) is 77.9 Å². The predicted octanol–water partition coefficient (Wildman–Crippen LogP) is 4.33. The monoisotopic (exact) mass is 397 g/mol. The molecule has 5 rings (SSSR count). The Morgan fingerprint density at radius 3 is 2.66 bits per heavy atom. The normalized spacial score (nSPS) is 46.6. The Morgan fingerprint density at radius 1 is 1.14 bits per heavy atom. The van der Waals surface area contributed by atoms with Crippen LogP contribution >= 0.6 is 0 Å². The summed E-state index contributed by atoms with van der Waals surface area (Å²) in [5.74, 6) is 3.16. The second kappa shape index (κ2) is 6.68. The van der Waals surface area contributed by atoms with Crippen molar-refractivity contribution in [1.82, 2.24) is 14.9 Å². The first-order valence-corrected chi connectivity index (χ1v) is 11.5. The molecule has 0 bridgehead atoms. The molecule has 3 aliphatic carbocycles. The van der Waals surface area contributed by atoms with Crippen molar-refractivity contribution in [3.63, 3.8) is 0 Å². The number of ether oxygens (including phenoxy) is 1. The topological polar surface area (TPSA) is 55.3 Å². The van der Waals surface area contributed by atoms with Gasteiger partial charge in [-0.25, -0.2) is 9.97 Å². The van der Waals surface area contributed by atoms with E-state index in [-0.39, 0.29) is 11.5 Å². The van der Waals surface area contributed by atoms with Gasteiger partial charge < -0.3 is 9.64 Å². The maximum Gasteiger partial charge on any atom is 0.316 e. The van der Waals surface area contributed by atoms with E-state index < -0.39 is 0 Å². The number of rotatable bonds is 2. The first-order chi connectivity index (χ1) is 13.8. The fourth-order valence-corrected chi connectivity index (χ4v) is 8.04.